The highest BCUT2D eigenvalue weighted by Crippen LogP contribution is 2.18. The maximum atomic E-state index is 11.8. The zero-order valence-electron chi connectivity index (χ0n) is 16.4. The molecular formula is C23H23N3O4. The van der Waals surface area contributed by atoms with Gasteiger partial charge in [-0.1, -0.05) is 36.4 Å². The molecule has 7 nitrogen and oxygen atoms in total. The summed E-state index contributed by atoms with van der Waals surface area (Å²) >= 11 is 0. The Bertz CT molecular complexity index is 932. The van der Waals surface area contributed by atoms with Crippen molar-refractivity contribution in [2.24, 2.45) is 0 Å². The van der Waals surface area contributed by atoms with Crippen LogP contribution in [0.15, 0.2) is 79.1 Å². The van der Waals surface area contributed by atoms with E-state index in [0.717, 1.165) is 11.1 Å². The minimum absolute atomic E-state index is 0.215. The number of amides is 2. The summed E-state index contributed by atoms with van der Waals surface area (Å²) in [5.41, 5.74) is 6.74. The lowest BCUT2D eigenvalue weighted by Crippen LogP contribution is -2.43. The van der Waals surface area contributed by atoms with E-state index in [1.54, 1.807) is 36.7 Å². The smallest absolute Gasteiger partial charge is 0.276 e. The van der Waals surface area contributed by atoms with Gasteiger partial charge in [0.05, 0.1) is 0 Å². The summed E-state index contributed by atoms with van der Waals surface area (Å²) in [6.07, 6.45) is 4.18. The largest absolute Gasteiger partial charge is 0.489 e. The van der Waals surface area contributed by atoms with E-state index in [-0.39, 0.29) is 18.9 Å². The first kappa shape index (κ1) is 20.9. The summed E-state index contributed by atoms with van der Waals surface area (Å²) in [6.45, 7) is 0.261. The minimum Gasteiger partial charge on any atom is -0.489 e. The highest BCUT2D eigenvalue weighted by Gasteiger charge is 2.06. The van der Waals surface area contributed by atoms with Crippen molar-refractivity contribution in [2.45, 2.75) is 19.4 Å². The molecule has 0 atom stereocenters. The molecule has 0 bridgehead atoms. The van der Waals surface area contributed by atoms with Crippen LogP contribution in [0.3, 0.4) is 0 Å². The number of hydrogen-bond acceptors (Lipinski definition) is 5. The fraction of sp³-hybridized carbons (Fsp3) is 0.174. The van der Waals surface area contributed by atoms with Gasteiger partial charge in [0.2, 0.25) is 5.91 Å². The summed E-state index contributed by atoms with van der Waals surface area (Å²) in [5.74, 6) is 0.498. The molecule has 0 fully saturated rings. The second-order valence-corrected chi connectivity index (χ2v) is 6.49. The number of benzene rings is 2. The zero-order valence-corrected chi connectivity index (χ0v) is 16.4. The number of aromatic nitrogens is 1. The quantitative estimate of drug-likeness (QED) is 0.535. The molecule has 0 unspecified atom stereocenters. The number of carbonyl (C=O) groups is 2. The fourth-order valence-corrected chi connectivity index (χ4v) is 2.56. The van der Waals surface area contributed by atoms with Gasteiger partial charge >= 0.3 is 0 Å². The Hall–Kier alpha value is -3.87. The molecule has 0 aliphatic rings. The maximum Gasteiger partial charge on any atom is 0.276 e. The highest BCUT2D eigenvalue weighted by molar-refractivity contribution is 5.82. The van der Waals surface area contributed by atoms with Crippen LogP contribution in [0.2, 0.25) is 0 Å². The van der Waals surface area contributed by atoms with Gasteiger partial charge in [0, 0.05) is 18.8 Å². The lowest BCUT2D eigenvalue weighted by atomic mass is 10.1. The molecule has 7 heteroatoms. The Morgan fingerprint density at radius 3 is 2.13 bits per heavy atom. The van der Waals surface area contributed by atoms with E-state index in [1.165, 1.54) is 0 Å². The van der Waals surface area contributed by atoms with Crippen molar-refractivity contribution < 1.29 is 19.1 Å². The highest BCUT2D eigenvalue weighted by atomic mass is 16.5. The van der Waals surface area contributed by atoms with Gasteiger partial charge in [0.1, 0.15) is 18.1 Å². The van der Waals surface area contributed by atoms with E-state index < -0.39 is 5.91 Å². The molecule has 2 N–H and O–H groups in total. The molecule has 0 spiro atoms. The second-order valence-electron chi connectivity index (χ2n) is 6.49. The number of aryl methyl sites for hydroxylation is 1. The Balaban J connectivity index is 1.32. The van der Waals surface area contributed by atoms with Crippen LogP contribution in [-0.2, 0) is 22.6 Å². The molecular weight excluding hydrogens is 382 g/mol. The predicted molar refractivity (Wildman–Crippen MR) is 112 cm³/mol. The van der Waals surface area contributed by atoms with Gasteiger partial charge in [0.25, 0.3) is 5.91 Å². The fourth-order valence-electron chi connectivity index (χ4n) is 2.56. The molecule has 154 valence electrons. The average molecular weight is 405 g/mol. The van der Waals surface area contributed by atoms with E-state index in [0.29, 0.717) is 24.5 Å². The third kappa shape index (κ3) is 7.27. The van der Waals surface area contributed by atoms with Crippen molar-refractivity contribution in [2.75, 3.05) is 6.61 Å². The van der Waals surface area contributed by atoms with Crippen molar-refractivity contribution in [3.8, 4) is 11.5 Å². The SMILES string of the molecule is O=C(CCc1cccnc1)NNC(=O)COc1ccc(OCc2ccccc2)cc1. The van der Waals surface area contributed by atoms with Crippen LogP contribution < -0.4 is 20.3 Å². The molecule has 0 saturated heterocycles. The van der Waals surface area contributed by atoms with Crippen molar-refractivity contribution in [3.05, 3.63) is 90.3 Å². The number of rotatable bonds is 9. The molecule has 1 heterocycles. The molecule has 2 aromatic carbocycles. The molecule has 0 radical (unpaired) electrons. The summed E-state index contributed by atoms with van der Waals surface area (Å²) in [6, 6.07) is 20.6. The summed E-state index contributed by atoms with van der Waals surface area (Å²) in [5, 5.41) is 0. The standard InChI is InChI=1S/C23H23N3O4/c27-22(13-8-18-7-4-14-24-15-18)25-26-23(28)17-30-21-11-9-20(10-12-21)29-16-19-5-2-1-3-6-19/h1-7,9-12,14-15H,8,13,16-17H2,(H,25,27)(H,26,28). The van der Waals surface area contributed by atoms with Crippen molar-refractivity contribution in [3.63, 3.8) is 0 Å². The first-order chi connectivity index (χ1) is 14.7. The van der Waals surface area contributed by atoms with Crippen molar-refractivity contribution >= 4 is 11.8 Å². The van der Waals surface area contributed by atoms with Crippen LogP contribution >= 0.6 is 0 Å². The molecule has 2 amide bonds. The minimum atomic E-state index is -0.450. The van der Waals surface area contributed by atoms with Crippen LogP contribution in [0.5, 0.6) is 11.5 Å². The normalized spacial score (nSPS) is 10.1. The molecule has 3 aromatic rings. The van der Waals surface area contributed by atoms with Crippen molar-refractivity contribution in [1.82, 2.24) is 15.8 Å². The van der Waals surface area contributed by atoms with Crippen LogP contribution in [0.1, 0.15) is 17.5 Å². The number of carbonyl (C=O) groups excluding carboxylic acids is 2. The van der Waals surface area contributed by atoms with Crippen LogP contribution in [0.4, 0.5) is 0 Å². The third-order valence-corrected chi connectivity index (χ3v) is 4.15. The lowest BCUT2D eigenvalue weighted by Gasteiger charge is -2.10. The monoisotopic (exact) mass is 405 g/mol. The molecule has 0 aliphatic heterocycles. The number of hydrazine groups is 1. The Morgan fingerprint density at radius 1 is 0.767 bits per heavy atom. The number of hydrogen-bond donors (Lipinski definition) is 2. The maximum absolute atomic E-state index is 11.8. The average Bonchev–Trinajstić information content (AvgIpc) is 2.80. The van der Waals surface area contributed by atoms with Crippen LogP contribution in [0, 0.1) is 0 Å². The molecule has 0 saturated carbocycles. The number of nitrogens with zero attached hydrogens (tertiary/aromatic N) is 1. The van der Waals surface area contributed by atoms with Gasteiger partial charge in [-0.05, 0) is 47.9 Å². The van der Waals surface area contributed by atoms with Crippen molar-refractivity contribution in [1.29, 1.82) is 0 Å². The first-order valence-corrected chi connectivity index (χ1v) is 9.55. The predicted octanol–water partition coefficient (Wildman–Crippen LogP) is 2.82. The van der Waals surface area contributed by atoms with Crippen LogP contribution in [-0.4, -0.2) is 23.4 Å². The number of ether oxygens (including phenoxy) is 2. The second kappa shape index (κ2) is 11.2. The Kier molecular flexibility index (Phi) is 7.79. The lowest BCUT2D eigenvalue weighted by molar-refractivity contribution is -0.130. The Labute approximate surface area is 175 Å². The van der Waals surface area contributed by atoms with E-state index in [1.807, 2.05) is 42.5 Å². The number of nitrogens with one attached hydrogen (secondary N) is 2. The number of pyridine rings is 1. The van der Waals surface area contributed by atoms with Gasteiger partial charge in [-0.2, -0.15) is 0 Å². The van der Waals surface area contributed by atoms with E-state index >= 15 is 0 Å². The first-order valence-electron chi connectivity index (χ1n) is 9.55. The Morgan fingerprint density at radius 2 is 1.43 bits per heavy atom. The topological polar surface area (TPSA) is 89.6 Å². The van der Waals surface area contributed by atoms with Crippen LogP contribution in [0.25, 0.3) is 0 Å². The summed E-state index contributed by atoms with van der Waals surface area (Å²) < 4.78 is 11.1. The van der Waals surface area contributed by atoms with E-state index in [9.17, 15) is 9.59 Å². The van der Waals surface area contributed by atoms with Gasteiger partial charge in [-0.15, -0.1) is 0 Å². The van der Waals surface area contributed by atoms with Gasteiger partial charge in [0.15, 0.2) is 6.61 Å². The van der Waals surface area contributed by atoms with E-state index in [2.05, 4.69) is 15.8 Å². The van der Waals surface area contributed by atoms with E-state index in [4.69, 9.17) is 9.47 Å². The molecule has 3 rings (SSSR count). The third-order valence-electron chi connectivity index (χ3n) is 4.15. The molecule has 0 aliphatic carbocycles. The summed E-state index contributed by atoms with van der Waals surface area (Å²) in [4.78, 5) is 27.6. The summed E-state index contributed by atoms with van der Waals surface area (Å²) in [7, 11) is 0. The molecule has 1 aromatic heterocycles. The zero-order chi connectivity index (χ0) is 21.0. The van der Waals surface area contributed by atoms with Gasteiger partial charge in [-0.25, -0.2) is 0 Å². The molecule has 30 heavy (non-hydrogen) atoms. The van der Waals surface area contributed by atoms with Gasteiger partial charge in [-0.3, -0.25) is 25.4 Å². The van der Waals surface area contributed by atoms with Gasteiger partial charge < -0.3 is 9.47 Å².